The van der Waals surface area contributed by atoms with Gasteiger partial charge in [-0.1, -0.05) is 27.2 Å². The third-order valence-electron chi connectivity index (χ3n) is 4.16. The van der Waals surface area contributed by atoms with Gasteiger partial charge in [0.1, 0.15) is 0 Å². The standard InChI is InChI=1S/C20H26N2O5S/c1-4-5-12-27-13-6-11-21-19(23)17(18(20(21)24)28-14(2)3)15-7-9-16(10-8-15)22(25)26/h7-10,14H,4-6,11-13H2,1-3H3. The Balaban J connectivity index is 2.17. The Morgan fingerprint density at radius 2 is 1.75 bits per heavy atom. The predicted octanol–water partition coefficient (Wildman–Crippen LogP) is 4.02. The summed E-state index contributed by atoms with van der Waals surface area (Å²) < 4.78 is 5.51. The highest BCUT2D eigenvalue weighted by Crippen LogP contribution is 2.38. The fourth-order valence-corrected chi connectivity index (χ4v) is 3.78. The molecular weight excluding hydrogens is 380 g/mol. The van der Waals surface area contributed by atoms with Crippen LogP contribution in [-0.4, -0.2) is 46.6 Å². The van der Waals surface area contributed by atoms with Gasteiger partial charge in [0.15, 0.2) is 0 Å². The fourth-order valence-electron chi connectivity index (χ4n) is 2.78. The highest BCUT2D eigenvalue weighted by atomic mass is 32.2. The SMILES string of the molecule is CCCCOCCCN1C(=O)C(SC(C)C)=C(c2ccc([N+](=O)[O-])cc2)C1=O. The van der Waals surface area contributed by atoms with E-state index in [2.05, 4.69) is 6.92 Å². The van der Waals surface area contributed by atoms with E-state index in [1.54, 1.807) is 0 Å². The van der Waals surface area contributed by atoms with Crippen LogP contribution >= 0.6 is 11.8 Å². The monoisotopic (exact) mass is 406 g/mol. The third-order valence-corrected chi connectivity index (χ3v) is 5.24. The number of nitro groups is 1. The van der Waals surface area contributed by atoms with Crippen molar-refractivity contribution in [3.05, 3.63) is 44.8 Å². The molecule has 0 atom stereocenters. The second-order valence-corrected chi connectivity index (χ2v) is 8.34. The lowest BCUT2D eigenvalue weighted by molar-refractivity contribution is -0.384. The van der Waals surface area contributed by atoms with Crippen molar-refractivity contribution in [2.45, 2.75) is 45.3 Å². The third kappa shape index (κ3) is 5.42. The van der Waals surface area contributed by atoms with Gasteiger partial charge in [0.2, 0.25) is 0 Å². The largest absolute Gasteiger partial charge is 0.381 e. The molecule has 1 aromatic carbocycles. The number of nitrogens with zero attached hydrogens (tertiary/aromatic N) is 2. The van der Waals surface area contributed by atoms with Crippen LogP contribution in [0.4, 0.5) is 5.69 Å². The molecule has 1 heterocycles. The smallest absolute Gasteiger partial charge is 0.269 e. The van der Waals surface area contributed by atoms with Crippen molar-refractivity contribution in [2.24, 2.45) is 0 Å². The van der Waals surface area contributed by atoms with E-state index < -0.39 is 4.92 Å². The van der Waals surface area contributed by atoms with Crippen molar-refractivity contribution in [1.82, 2.24) is 4.90 Å². The van der Waals surface area contributed by atoms with Gasteiger partial charge in [0, 0.05) is 37.1 Å². The molecule has 0 N–H and O–H groups in total. The molecule has 1 aliphatic rings. The Morgan fingerprint density at radius 1 is 1.11 bits per heavy atom. The van der Waals surface area contributed by atoms with Gasteiger partial charge in [-0.2, -0.15) is 0 Å². The molecule has 152 valence electrons. The summed E-state index contributed by atoms with van der Waals surface area (Å²) in [5.74, 6) is -0.652. The number of non-ortho nitro benzene ring substituents is 1. The number of ether oxygens (including phenoxy) is 1. The number of unbranched alkanes of at least 4 members (excludes halogenated alkanes) is 1. The minimum Gasteiger partial charge on any atom is -0.381 e. The number of rotatable bonds is 11. The number of nitro benzene ring substituents is 1. The number of amides is 2. The molecule has 0 saturated carbocycles. The summed E-state index contributed by atoms with van der Waals surface area (Å²) in [5, 5.41) is 11.0. The summed E-state index contributed by atoms with van der Waals surface area (Å²) in [4.78, 5) is 37.8. The minimum atomic E-state index is -0.492. The molecule has 2 rings (SSSR count). The lowest BCUT2D eigenvalue weighted by atomic mass is 10.1. The summed E-state index contributed by atoms with van der Waals surface area (Å²) in [6.45, 7) is 7.46. The number of benzene rings is 1. The van der Waals surface area contributed by atoms with Gasteiger partial charge in [-0.05, 0) is 30.5 Å². The normalized spacial score (nSPS) is 14.5. The molecule has 0 fully saturated rings. The van der Waals surface area contributed by atoms with E-state index >= 15 is 0 Å². The molecule has 0 spiro atoms. The quantitative estimate of drug-likeness (QED) is 0.239. The first-order valence-electron chi connectivity index (χ1n) is 9.46. The topological polar surface area (TPSA) is 89.8 Å². The molecule has 1 aliphatic heterocycles. The van der Waals surface area contributed by atoms with Crippen molar-refractivity contribution in [3.8, 4) is 0 Å². The molecule has 0 saturated heterocycles. The number of imide groups is 1. The van der Waals surface area contributed by atoms with Crippen LogP contribution in [0.15, 0.2) is 29.2 Å². The van der Waals surface area contributed by atoms with Crippen molar-refractivity contribution < 1.29 is 19.2 Å². The molecule has 8 heteroatoms. The van der Waals surface area contributed by atoms with E-state index in [1.807, 2.05) is 13.8 Å². The summed E-state index contributed by atoms with van der Waals surface area (Å²) in [6, 6.07) is 5.75. The van der Waals surface area contributed by atoms with Gasteiger partial charge >= 0.3 is 0 Å². The summed E-state index contributed by atoms with van der Waals surface area (Å²) in [7, 11) is 0. The summed E-state index contributed by atoms with van der Waals surface area (Å²) in [5.41, 5.74) is 0.791. The van der Waals surface area contributed by atoms with Crippen molar-refractivity contribution in [2.75, 3.05) is 19.8 Å². The maximum atomic E-state index is 13.0. The van der Waals surface area contributed by atoms with E-state index in [4.69, 9.17) is 4.74 Å². The van der Waals surface area contributed by atoms with Crippen molar-refractivity contribution >= 4 is 34.8 Å². The van der Waals surface area contributed by atoms with Crippen LogP contribution in [0, 0.1) is 10.1 Å². The summed E-state index contributed by atoms with van der Waals surface area (Å²) >= 11 is 1.34. The number of carbonyl (C=O) groups is 2. The van der Waals surface area contributed by atoms with E-state index in [-0.39, 0.29) is 22.8 Å². The number of thioether (sulfide) groups is 1. The van der Waals surface area contributed by atoms with E-state index in [0.717, 1.165) is 12.8 Å². The lowest BCUT2D eigenvalue weighted by Crippen LogP contribution is -2.33. The fraction of sp³-hybridized carbons (Fsp3) is 0.500. The second-order valence-electron chi connectivity index (χ2n) is 6.76. The van der Waals surface area contributed by atoms with Gasteiger partial charge < -0.3 is 4.74 Å². The predicted molar refractivity (Wildman–Crippen MR) is 110 cm³/mol. The van der Waals surface area contributed by atoms with E-state index in [1.165, 1.54) is 40.9 Å². The molecule has 7 nitrogen and oxygen atoms in total. The van der Waals surface area contributed by atoms with Crippen LogP contribution < -0.4 is 0 Å². The van der Waals surface area contributed by atoms with Crippen LogP contribution in [-0.2, 0) is 14.3 Å². The van der Waals surface area contributed by atoms with Gasteiger partial charge in [0.05, 0.1) is 15.4 Å². The molecule has 0 unspecified atom stereocenters. The molecule has 1 aromatic rings. The van der Waals surface area contributed by atoms with Crippen LogP contribution in [0.25, 0.3) is 5.57 Å². The Morgan fingerprint density at radius 3 is 2.32 bits per heavy atom. The van der Waals surface area contributed by atoms with E-state index in [0.29, 0.717) is 42.2 Å². The average Bonchev–Trinajstić information content (AvgIpc) is 2.88. The first-order valence-corrected chi connectivity index (χ1v) is 10.3. The Labute approximate surface area is 169 Å². The maximum absolute atomic E-state index is 13.0. The van der Waals surface area contributed by atoms with Gasteiger partial charge in [-0.15, -0.1) is 11.8 Å². The molecule has 0 bridgehead atoms. The highest BCUT2D eigenvalue weighted by molar-refractivity contribution is 8.04. The Hall–Kier alpha value is -2.19. The van der Waals surface area contributed by atoms with Gasteiger partial charge in [-0.25, -0.2) is 0 Å². The number of hydrogen-bond donors (Lipinski definition) is 0. The second kappa shape index (κ2) is 10.4. The Bertz CT molecular complexity index is 758. The molecule has 0 aromatic heterocycles. The van der Waals surface area contributed by atoms with Crippen LogP contribution in [0.3, 0.4) is 0 Å². The van der Waals surface area contributed by atoms with Crippen molar-refractivity contribution in [1.29, 1.82) is 0 Å². The maximum Gasteiger partial charge on any atom is 0.269 e. The Kier molecular flexibility index (Phi) is 8.19. The molecule has 0 radical (unpaired) electrons. The van der Waals surface area contributed by atoms with Crippen LogP contribution in [0.5, 0.6) is 0 Å². The van der Waals surface area contributed by atoms with Crippen molar-refractivity contribution in [3.63, 3.8) is 0 Å². The zero-order valence-corrected chi connectivity index (χ0v) is 17.3. The summed E-state index contributed by atoms with van der Waals surface area (Å²) in [6.07, 6.45) is 2.62. The van der Waals surface area contributed by atoms with Crippen LogP contribution in [0.2, 0.25) is 0 Å². The molecule has 0 aliphatic carbocycles. The van der Waals surface area contributed by atoms with Gasteiger partial charge in [0.25, 0.3) is 17.5 Å². The zero-order chi connectivity index (χ0) is 20.7. The highest BCUT2D eigenvalue weighted by Gasteiger charge is 2.39. The number of carbonyl (C=O) groups excluding carboxylic acids is 2. The molecule has 2 amide bonds. The number of hydrogen-bond acceptors (Lipinski definition) is 6. The van der Waals surface area contributed by atoms with Gasteiger partial charge in [-0.3, -0.25) is 24.6 Å². The first-order chi connectivity index (χ1) is 13.4. The molecular formula is C20H26N2O5S. The van der Waals surface area contributed by atoms with E-state index in [9.17, 15) is 19.7 Å². The minimum absolute atomic E-state index is 0.0553. The molecule has 28 heavy (non-hydrogen) atoms. The average molecular weight is 407 g/mol. The first kappa shape index (κ1) is 22.1. The zero-order valence-electron chi connectivity index (χ0n) is 16.5. The van der Waals surface area contributed by atoms with Crippen LogP contribution in [0.1, 0.15) is 45.6 Å². The lowest BCUT2D eigenvalue weighted by Gasteiger charge is -2.15.